The Morgan fingerprint density at radius 3 is 2.56 bits per heavy atom. The van der Waals surface area contributed by atoms with E-state index >= 15 is 0 Å². The minimum atomic E-state index is -0.926. The number of carboxylic acids is 1. The molecule has 0 spiro atoms. The average Bonchev–Trinajstić information content (AvgIpc) is 2.95. The van der Waals surface area contributed by atoms with Crippen LogP contribution in [-0.2, 0) is 9.59 Å². The molecule has 5 nitrogen and oxygen atoms in total. The first-order valence-corrected chi connectivity index (χ1v) is 6.49. The molecule has 3 unspecified atom stereocenters. The maximum atomic E-state index is 11.9. The molecule has 6 heteroatoms. The second-order valence-electron chi connectivity index (χ2n) is 4.45. The van der Waals surface area contributed by atoms with Gasteiger partial charge in [0.2, 0.25) is 5.91 Å². The zero-order chi connectivity index (χ0) is 11.9. The molecule has 2 rings (SSSR count). The summed E-state index contributed by atoms with van der Waals surface area (Å²) < 4.78 is 0. The van der Waals surface area contributed by atoms with Gasteiger partial charge in [0.25, 0.3) is 0 Å². The molecule has 0 aromatic rings. The van der Waals surface area contributed by atoms with Gasteiger partial charge in [-0.3, -0.25) is 4.79 Å². The zero-order valence-corrected chi connectivity index (χ0v) is 9.94. The van der Waals surface area contributed by atoms with E-state index in [9.17, 15) is 9.59 Å². The third-order valence-electron chi connectivity index (χ3n) is 2.99. The molecule has 90 valence electrons. The van der Waals surface area contributed by atoms with Gasteiger partial charge < -0.3 is 15.7 Å². The number of hydrogen-bond acceptors (Lipinski definition) is 4. The second kappa shape index (κ2) is 4.25. The smallest absolute Gasteiger partial charge is 0.327 e. The Morgan fingerprint density at radius 1 is 1.50 bits per heavy atom. The predicted molar refractivity (Wildman–Crippen MR) is 60.9 cm³/mol. The number of nitrogens with zero attached hydrogens (tertiary/aromatic N) is 1. The largest absolute Gasteiger partial charge is 0.480 e. The summed E-state index contributed by atoms with van der Waals surface area (Å²) in [5, 5.41) is 9.11. The molecule has 0 aromatic heterocycles. The second-order valence-corrected chi connectivity index (χ2v) is 5.60. The summed E-state index contributed by atoms with van der Waals surface area (Å²) in [6.45, 7) is 1.61. The van der Waals surface area contributed by atoms with Gasteiger partial charge in [-0.05, 0) is 25.7 Å². The first-order valence-electron chi connectivity index (χ1n) is 5.44. The van der Waals surface area contributed by atoms with Gasteiger partial charge in [-0.1, -0.05) is 0 Å². The SMILES string of the molecule is CC(N)C(=O)N1C(C(=O)O)CSC1C1CC1. The highest BCUT2D eigenvalue weighted by Crippen LogP contribution is 2.45. The van der Waals surface area contributed by atoms with Crippen molar-refractivity contribution in [2.24, 2.45) is 11.7 Å². The lowest BCUT2D eigenvalue weighted by atomic mass is 10.2. The first kappa shape index (κ1) is 11.7. The number of nitrogens with two attached hydrogens (primary N) is 1. The van der Waals surface area contributed by atoms with Crippen molar-refractivity contribution in [3.63, 3.8) is 0 Å². The number of carboxylic acid groups (broad SMARTS) is 1. The summed E-state index contributed by atoms with van der Waals surface area (Å²) in [5.74, 6) is -0.217. The van der Waals surface area contributed by atoms with Crippen molar-refractivity contribution in [2.45, 2.75) is 37.2 Å². The Kier molecular flexibility index (Phi) is 3.12. The molecular formula is C10H16N2O3S. The summed E-state index contributed by atoms with van der Waals surface area (Å²) in [6.07, 6.45) is 2.18. The molecule has 2 aliphatic rings. The molecule has 1 heterocycles. The van der Waals surface area contributed by atoms with Crippen LogP contribution in [0.2, 0.25) is 0 Å². The molecule has 1 saturated carbocycles. The van der Waals surface area contributed by atoms with E-state index in [0.29, 0.717) is 11.7 Å². The lowest BCUT2D eigenvalue weighted by molar-refractivity contribution is -0.149. The standard InChI is InChI=1S/C10H16N2O3S/c1-5(11)8(13)12-7(10(14)15)4-16-9(12)6-2-3-6/h5-7,9H,2-4,11H2,1H3,(H,14,15). The summed E-state index contributed by atoms with van der Waals surface area (Å²) in [5.41, 5.74) is 5.57. The van der Waals surface area contributed by atoms with Gasteiger partial charge in [-0.25, -0.2) is 4.79 Å². The normalized spacial score (nSPS) is 31.5. The van der Waals surface area contributed by atoms with Crippen LogP contribution >= 0.6 is 11.8 Å². The fraction of sp³-hybridized carbons (Fsp3) is 0.800. The van der Waals surface area contributed by atoms with Crippen LogP contribution in [0.25, 0.3) is 0 Å². The van der Waals surface area contributed by atoms with Gasteiger partial charge in [0.05, 0.1) is 11.4 Å². The first-order chi connectivity index (χ1) is 7.52. The minimum absolute atomic E-state index is 0.0274. The van der Waals surface area contributed by atoms with E-state index in [-0.39, 0.29) is 11.3 Å². The minimum Gasteiger partial charge on any atom is -0.480 e. The summed E-state index contributed by atoms with van der Waals surface area (Å²) >= 11 is 1.57. The van der Waals surface area contributed by atoms with Gasteiger partial charge >= 0.3 is 5.97 Å². The van der Waals surface area contributed by atoms with Crippen LogP contribution in [0.1, 0.15) is 19.8 Å². The molecular weight excluding hydrogens is 228 g/mol. The fourth-order valence-electron chi connectivity index (χ4n) is 1.98. The lowest BCUT2D eigenvalue weighted by Crippen LogP contribution is -2.51. The number of aliphatic carboxylic acids is 1. The Hall–Kier alpha value is -0.750. The average molecular weight is 244 g/mol. The molecule has 0 aromatic carbocycles. The van der Waals surface area contributed by atoms with Crippen LogP contribution in [0.5, 0.6) is 0 Å². The number of carbonyl (C=O) groups is 2. The van der Waals surface area contributed by atoms with Crippen molar-refractivity contribution in [2.75, 3.05) is 5.75 Å². The van der Waals surface area contributed by atoms with Crippen LogP contribution in [0, 0.1) is 5.92 Å². The Labute approximate surface area is 98.4 Å². The van der Waals surface area contributed by atoms with E-state index in [2.05, 4.69) is 0 Å². The van der Waals surface area contributed by atoms with Crippen LogP contribution in [0.4, 0.5) is 0 Å². The van der Waals surface area contributed by atoms with E-state index in [1.807, 2.05) is 0 Å². The number of carbonyl (C=O) groups excluding carboxylic acids is 1. The van der Waals surface area contributed by atoms with E-state index in [0.717, 1.165) is 12.8 Å². The highest BCUT2D eigenvalue weighted by atomic mass is 32.2. The van der Waals surface area contributed by atoms with E-state index in [4.69, 9.17) is 10.8 Å². The topological polar surface area (TPSA) is 83.6 Å². The molecule has 0 radical (unpaired) electrons. The van der Waals surface area contributed by atoms with E-state index in [1.54, 1.807) is 18.7 Å². The van der Waals surface area contributed by atoms with Gasteiger partial charge in [0, 0.05) is 5.75 Å². The molecule has 1 amide bonds. The molecule has 2 fully saturated rings. The highest BCUT2D eigenvalue weighted by Gasteiger charge is 2.48. The Balaban J connectivity index is 2.17. The molecule has 16 heavy (non-hydrogen) atoms. The third kappa shape index (κ3) is 2.04. The molecule has 0 bridgehead atoms. The van der Waals surface area contributed by atoms with Crippen molar-refractivity contribution in [3.8, 4) is 0 Å². The molecule has 3 N–H and O–H groups in total. The molecule has 3 atom stereocenters. The molecule has 1 aliphatic heterocycles. The van der Waals surface area contributed by atoms with E-state index in [1.165, 1.54) is 4.90 Å². The van der Waals surface area contributed by atoms with Crippen LogP contribution in [-0.4, -0.2) is 45.1 Å². The fourth-order valence-corrected chi connectivity index (χ4v) is 3.62. The number of thioether (sulfide) groups is 1. The van der Waals surface area contributed by atoms with Crippen LogP contribution in [0.15, 0.2) is 0 Å². The van der Waals surface area contributed by atoms with Gasteiger partial charge in [0.15, 0.2) is 0 Å². The molecule has 1 aliphatic carbocycles. The van der Waals surface area contributed by atoms with Gasteiger partial charge in [-0.2, -0.15) is 0 Å². The summed E-state index contributed by atoms with van der Waals surface area (Å²) in [7, 11) is 0. The Morgan fingerprint density at radius 2 is 2.12 bits per heavy atom. The highest BCUT2D eigenvalue weighted by molar-refractivity contribution is 8.00. The number of hydrogen-bond donors (Lipinski definition) is 2. The predicted octanol–water partition coefficient (Wildman–Crippen LogP) is 0.0983. The Bertz CT molecular complexity index is 317. The van der Waals surface area contributed by atoms with Crippen molar-refractivity contribution < 1.29 is 14.7 Å². The van der Waals surface area contributed by atoms with Crippen molar-refractivity contribution in [1.29, 1.82) is 0 Å². The quantitative estimate of drug-likeness (QED) is 0.735. The lowest BCUT2D eigenvalue weighted by Gasteiger charge is -2.28. The molecule has 1 saturated heterocycles. The summed E-state index contributed by atoms with van der Waals surface area (Å²) in [4.78, 5) is 24.5. The van der Waals surface area contributed by atoms with E-state index < -0.39 is 18.1 Å². The van der Waals surface area contributed by atoms with Gasteiger partial charge in [-0.15, -0.1) is 11.8 Å². The van der Waals surface area contributed by atoms with Crippen LogP contribution < -0.4 is 5.73 Å². The maximum Gasteiger partial charge on any atom is 0.327 e. The zero-order valence-electron chi connectivity index (χ0n) is 9.13. The number of rotatable bonds is 3. The number of amides is 1. The van der Waals surface area contributed by atoms with Crippen molar-refractivity contribution in [3.05, 3.63) is 0 Å². The third-order valence-corrected chi connectivity index (χ3v) is 4.45. The monoisotopic (exact) mass is 244 g/mol. The van der Waals surface area contributed by atoms with Crippen LogP contribution in [0.3, 0.4) is 0 Å². The maximum absolute atomic E-state index is 11.9. The van der Waals surface area contributed by atoms with Crippen molar-refractivity contribution in [1.82, 2.24) is 4.90 Å². The van der Waals surface area contributed by atoms with Crippen molar-refractivity contribution >= 4 is 23.6 Å². The van der Waals surface area contributed by atoms with Gasteiger partial charge in [0.1, 0.15) is 6.04 Å². The summed E-state index contributed by atoms with van der Waals surface area (Å²) in [6, 6.07) is -1.32.